The smallest absolute Gasteiger partial charge is 0.392 e. The Morgan fingerprint density at radius 2 is 1.57 bits per heavy atom. The average Bonchev–Trinajstić information content (AvgIpc) is 2.76. The fraction of sp³-hybridized carbons (Fsp3) is 0.200. The van der Waals surface area contributed by atoms with Crippen molar-refractivity contribution in [2.24, 2.45) is 5.92 Å². The predicted molar refractivity (Wildman–Crippen MR) is 131 cm³/mol. The number of nitrogens with one attached hydrogen (secondary N) is 1. The van der Waals surface area contributed by atoms with Gasteiger partial charge in [0.2, 0.25) is 5.91 Å². The molecule has 3 aromatic carbocycles. The summed E-state index contributed by atoms with van der Waals surface area (Å²) >= 11 is 18.1. The minimum absolute atomic E-state index is 0.0822. The molecule has 184 valence electrons. The first-order valence-electron chi connectivity index (χ1n) is 10.3. The van der Waals surface area contributed by atoms with E-state index < -0.39 is 29.9 Å². The molecule has 1 amide bonds. The van der Waals surface area contributed by atoms with Crippen molar-refractivity contribution in [3.8, 4) is 11.1 Å². The van der Waals surface area contributed by atoms with Gasteiger partial charge in [-0.3, -0.25) is 9.59 Å². The van der Waals surface area contributed by atoms with E-state index in [1.165, 1.54) is 42.5 Å². The second-order valence-corrected chi connectivity index (χ2v) is 9.20. The standard InChI is InChI=1S/C25H19Cl3F3NO3/c1-13(25(29,30)31)23(14-2-5-17(26)6-3-14)24(35)32-21-11-15(4-9-20(21)28)19-8-7-18(27)10-16(19)12-22(33)34/h2-11,13,23H,12H2,1H3,(H,32,35)(H,33,34)/t13-,23+/m1/s1. The molecule has 0 spiro atoms. The summed E-state index contributed by atoms with van der Waals surface area (Å²) in [5, 5.41) is 12.5. The number of aliphatic carboxylic acids is 1. The van der Waals surface area contributed by atoms with Crippen LogP contribution in [0.2, 0.25) is 15.1 Å². The van der Waals surface area contributed by atoms with E-state index in [2.05, 4.69) is 5.32 Å². The van der Waals surface area contributed by atoms with Gasteiger partial charge >= 0.3 is 12.1 Å². The third-order valence-corrected chi connectivity index (χ3v) is 6.29. The zero-order chi connectivity index (χ0) is 25.9. The van der Waals surface area contributed by atoms with Crippen molar-refractivity contribution in [2.45, 2.75) is 25.4 Å². The van der Waals surface area contributed by atoms with Crippen molar-refractivity contribution in [2.75, 3.05) is 5.32 Å². The second kappa shape index (κ2) is 10.9. The third kappa shape index (κ3) is 6.69. The molecule has 0 heterocycles. The highest BCUT2D eigenvalue weighted by atomic mass is 35.5. The first-order valence-corrected chi connectivity index (χ1v) is 11.4. The van der Waals surface area contributed by atoms with Crippen molar-refractivity contribution in [1.82, 2.24) is 0 Å². The number of hydrogen-bond donors (Lipinski definition) is 2. The third-order valence-electron chi connectivity index (χ3n) is 5.47. The van der Waals surface area contributed by atoms with E-state index in [9.17, 15) is 27.9 Å². The van der Waals surface area contributed by atoms with E-state index >= 15 is 0 Å². The summed E-state index contributed by atoms with van der Waals surface area (Å²) in [6.45, 7) is 0.933. The molecule has 0 aromatic heterocycles. The quantitative estimate of drug-likeness (QED) is 0.318. The number of carbonyl (C=O) groups excluding carboxylic acids is 1. The number of carbonyl (C=O) groups is 2. The first-order chi connectivity index (χ1) is 16.4. The van der Waals surface area contributed by atoms with Crippen LogP contribution in [-0.2, 0) is 16.0 Å². The lowest BCUT2D eigenvalue weighted by atomic mass is 9.85. The van der Waals surface area contributed by atoms with Crippen LogP contribution in [0.15, 0.2) is 60.7 Å². The molecule has 2 atom stereocenters. The molecule has 4 nitrogen and oxygen atoms in total. The molecule has 0 fully saturated rings. The van der Waals surface area contributed by atoms with Crippen molar-refractivity contribution in [3.05, 3.63) is 86.9 Å². The van der Waals surface area contributed by atoms with E-state index in [1.54, 1.807) is 18.2 Å². The molecule has 0 bridgehead atoms. The molecule has 10 heteroatoms. The van der Waals surface area contributed by atoms with Crippen LogP contribution in [0, 0.1) is 5.92 Å². The molecule has 35 heavy (non-hydrogen) atoms. The highest BCUT2D eigenvalue weighted by Gasteiger charge is 2.45. The molecule has 0 aliphatic rings. The van der Waals surface area contributed by atoms with E-state index in [4.69, 9.17) is 34.8 Å². The maximum absolute atomic E-state index is 13.6. The first kappa shape index (κ1) is 26.9. The van der Waals surface area contributed by atoms with Crippen molar-refractivity contribution in [3.63, 3.8) is 0 Å². The Morgan fingerprint density at radius 3 is 2.17 bits per heavy atom. The fourth-order valence-electron chi connectivity index (χ4n) is 3.68. The monoisotopic (exact) mass is 543 g/mol. The molecule has 0 aliphatic carbocycles. The molecule has 0 saturated carbocycles. The van der Waals surface area contributed by atoms with Gasteiger partial charge in [0.15, 0.2) is 0 Å². The van der Waals surface area contributed by atoms with E-state index in [-0.39, 0.29) is 22.7 Å². The fourth-order valence-corrected chi connectivity index (χ4v) is 4.16. The van der Waals surface area contributed by atoms with Gasteiger partial charge in [0, 0.05) is 10.0 Å². The van der Waals surface area contributed by atoms with Crippen molar-refractivity contribution >= 4 is 52.4 Å². The average molecular weight is 545 g/mol. The van der Waals surface area contributed by atoms with Crippen LogP contribution >= 0.6 is 34.8 Å². The van der Waals surface area contributed by atoms with Crippen LogP contribution in [0.5, 0.6) is 0 Å². The van der Waals surface area contributed by atoms with Gasteiger partial charge in [-0.25, -0.2) is 0 Å². The largest absolute Gasteiger partial charge is 0.481 e. The molecule has 0 saturated heterocycles. The predicted octanol–water partition coefficient (Wildman–Crippen LogP) is 7.86. The lowest BCUT2D eigenvalue weighted by molar-refractivity contribution is -0.178. The normalized spacial score (nSPS) is 13.2. The van der Waals surface area contributed by atoms with Gasteiger partial charge < -0.3 is 10.4 Å². The number of carboxylic acid groups (broad SMARTS) is 1. The van der Waals surface area contributed by atoms with E-state index in [0.29, 0.717) is 26.7 Å². The maximum atomic E-state index is 13.6. The summed E-state index contributed by atoms with van der Waals surface area (Å²) in [4.78, 5) is 24.4. The minimum atomic E-state index is -4.64. The van der Waals surface area contributed by atoms with Crippen LogP contribution in [0.25, 0.3) is 11.1 Å². The Kier molecular flexibility index (Phi) is 8.36. The summed E-state index contributed by atoms with van der Waals surface area (Å²) in [7, 11) is 0. The Labute approximate surface area is 214 Å². The summed E-state index contributed by atoms with van der Waals surface area (Å²) in [5.74, 6) is -5.53. The number of halogens is 6. The van der Waals surface area contributed by atoms with Crippen LogP contribution < -0.4 is 5.32 Å². The van der Waals surface area contributed by atoms with E-state index in [0.717, 1.165) is 6.92 Å². The molecule has 0 unspecified atom stereocenters. The minimum Gasteiger partial charge on any atom is -0.481 e. The number of hydrogen-bond acceptors (Lipinski definition) is 2. The summed E-state index contributed by atoms with van der Waals surface area (Å²) < 4.78 is 40.9. The molecular formula is C25H19Cl3F3NO3. The van der Waals surface area contributed by atoms with Gasteiger partial charge in [0.1, 0.15) is 0 Å². The van der Waals surface area contributed by atoms with Crippen molar-refractivity contribution < 1.29 is 27.9 Å². The van der Waals surface area contributed by atoms with Gasteiger partial charge in [0.05, 0.1) is 29.0 Å². The number of alkyl halides is 3. The van der Waals surface area contributed by atoms with Gasteiger partial charge in [-0.1, -0.05) is 66.0 Å². The number of anilines is 1. The van der Waals surface area contributed by atoms with Crippen LogP contribution in [-0.4, -0.2) is 23.2 Å². The maximum Gasteiger partial charge on any atom is 0.392 e. The summed E-state index contributed by atoms with van der Waals surface area (Å²) in [6.07, 6.45) is -4.94. The van der Waals surface area contributed by atoms with Gasteiger partial charge in [-0.2, -0.15) is 13.2 Å². The number of rotatable bonds is 7. The highest BCUT2D eigenvalue weighted by Crippen LogP contribution is 2.39. The number of benzene rings is 3. The molecule has 0 radical (unpaired) electrons. The molecule has 2 N–H and O–H groups in total. The van der Waals surface area contributed by atoms with Crippen LogP contribution in [0.3, 0.4) is 0 Å². The zero-order valence-electron chi connectivity index (χ0n) is 18.2. The van der Waals surface area contributed by atoms with Gasteiger partial charge in [0.25, 0.3) is 0 Å². The van der Waals surface area contributed by atoms with Gasteiger partial charge in [-0.15, -0.1) is 0 Å². The van der Waals surface area contributed by atoms with Crippen molar-refractivity contribution in [1.29, 1.82) is 0 Å². The molecule has 3 aromatic rings. The Bertz CT molecular complexity index is 1250. The lowest BCUT2D eigenvalue weighted by Crippen LogP contribution is -2.34. The molecule has 0 aliphatic heterocycles. The number of carboxylic acids is 1. The Balaban J connectivity index is 2.00. The second-order valence-electron chi connectivity index (χ2n) is 7.92. The Morgan fingerprint density at radius 1 is 0.943 bits per heavy atom. The zero-order valence-corrected chi connectivity index (χ0v) is 20.4. The SMILES string of the molecule is C[C@H]([C@H](C(=O)Nc1cc(-c2ccc(Cl)cc2CC(=O)O)ccc1Cl)c1ccc(Cl)cc1)C(F)(F)F. The van der Waals surface area contributed by atoms with Crippen LogP contribution in [0.4, 0.5) is 18.9 Å². The summed E-state index contributed by atoms with van der Waals surface area (Å²) in [5.41, 5.74) is 1.69. The highest BCUT2D eigenvalue weighted by molar-refractivity contribution is 6.34. The summed E-state index contributed by atoms with van der Waals surface area (Å²) in [6, 6.07) is 14.9. The number of amides is 1. The van der Waals surface area contributed by atoms with E-state index in [1.807, 2.05) is 0 Å². The topological polar surface area (TPSA) is 66.4 Å². The van der Waals surface area contributed by atoms with Crippen LogP contribution in [0.1, 0.15) is 24.0 Å². The Hall–Kier alpha value is -2.74. The van der Waals surface area contributed by atoms with Gasteiger partial charge in [-0.05, 0) is 58.7 Å². The lowest BCUT2D eigenvalue weighted by Gasteiger charge is -2.26. The molecular weight excluding hydrogens is 526 g/mol. The molecule has 3 rings (SSSR count).